The molecule has 4 aliphatic carbocycles. The Morgan fingerprint density at radius 3 is 2.70 bits per heavy atom. The number of hydrogen-bond donors (Lipinski definition) is 2. The van der Waals surface area contributed by atoms with E-state index in [1.165, 1.54) is 5.57 Å². The van der Waals surface area contributed by atoms with Crippen LogP contribution in [-0.2, 0) is 15.7 Å². The molecule has 3 unspecified atom stereocenters. The summed E-state index contributed by atoms with van der Waals surface area (Å²) in [6.45, 7) is 4.65. The van der Waals surface area contributed by atoms with Crippen molar-refractivity contribution in [1.29, 1.82) is 0 Å². The van der Waals surface area contributed by atoms with Gasteiger partial charge in [0.1, 0.15) is 0 Å². The van der Waals surface area contributed by atoms with E-state index in [9.17, 15) is 10.2 Å². The standard InChI is InChI=1S/C20H27O2.Cr/c1-18-9-6-14(21)12-13(18)4-5-15-16(18)7-10-19(2)17(15)8-11-20(19,3)22;/h4,6,9,14-17,21-22H,5,7-8,10-12H2,1-2H3;/t14-,15?,16?,17?,18-,19-,20-;/m0./s1. The first-order valence-corrected chi connectivity index (χ1v) is 9.66. The Labute approximate surface area is 147 Å². The number of aliphatic hydroxyl groups is 2. The summed E-state index contributed by atoms with van der Waals surface area (Å²) in [4.78, 5) is 0. The third-order valence-corrected chi connectivity index (χ3v) is 8.48. The van der Waals surface area contributed by atoms with E-state index >= 15 is 0 Å². The molecule has 2 fully saturated rings. The summed E-state index contributed by atoms with van der Waals surface area (Å²) in [6.07, 6.45) is 12.5. The van der Waals surface area contributed by atoms with Crippen LogP contribution in [0.25, 0.3) is 0 Å². The van der Waals surface area contributed by atoms with Gasteiger partial charge in [-0.25, -0.2) is 0 Å². The van der Waals surface area contributed by atoms with E-state index in [1.807, 2.05) is 6.08 Å². The number of rotatable bonds is 0. The molecule has 2 saturated carbocycles. The molecule has 0 radical (unpaired) electrons. The second kappa shape index (κ2) is 5.11. The molecular weight excluding hydrogens is 324 g/mol. The van der Waals surface area contributed by atoms with Crippen LogP contribution < -0.4 is 0 Å². The second-order valence-corrected chi connectivity index (χ2v) is 9.03. The molecular formula is C20H27CrO2. The van der Waals surface area contributed by atoms with E-state index < -0.39 is 5.60 Å². The maximum absolute atomic E-state index is 11.1. The van der Waals surface area contributed by atoms with Gasteiger partial charge in [-0.2, -0.15) is 0 Å². The van der Waals surface area contributed by atoms with Crippen LogP contribution in [0.1, 0.15) is 52.4 Å². The summed E-state index contributed by atoms with van der Waals surface area (Å²) < 4.78 is 3.12. The zero-order chi connectivity index (χ0) is 16.5. The van der Waals surface area contributed by atoms with Crippen molar-refractivity contribution in [1.82, 2.24) is 0 Å². The quantitative estimate of drug-likeness (QED) is 0.657. The first-order valence-electron chi connectivity index (χ1n) is 9.03. The molecule has 0 aromatic rings. The molecule has 0 saturated heterocycles. The van der Waals surface area contributed by atoms with Gasteiger partial charge in [0.05, 0.1) is 0 Å². The maximum atomic E-state index is 11.1. The van der Waals surface area contributed by atoms with E-state index in [0.717, 1.165) is 38.5 Å². The molecule has 0 aromatic carbocycles. The summed E-state index contributed by atoms with van der Waals surface area (Å²) in [7, 11) is 0. The minimum absolute atomic E-state index is 0.0426. The van der Waals surface area contributed by atoms with Crippen molar-refractivity contribution < 1.29 is 25.9 Å². The number of fused-ring (bicyclic) bond motifs is 5. The molecule has 23 heavy (non-hydrogen) atoms. The summed E-state index contributed by atoms with van der Waals surface area (Å²) in [5.74, 6) is 1.86. The molecule has 0 aliphatic heterocycles. The van der Waals surface area contributed by atoms with Crippen molar-refractivity contribution in [2.45, 2.75) is 64.1 Å². The fourth-order valence-electron chi connectivity index (χ4n) is 6.42. The molecule has 2 N–H and O–H groups in total. The van der Waals surface area contributed by atoms with Crippen LogP contribution in [-0.4, -0.2) is 21.9 Å². The van der Waals surface area contributed by atoms with E-state index in [-0.39, 0.29) is 16.9 Å². The monoisotopic (exact) mass is 351 g/mol. The Morgan fingerprint density at radius 2 is 1.96 bits per heavy atom. The molecule has 4 aliphatic rings. The van der Waals surface area contributed by atoms with Crippen molar-refractivity contribution in [3.05, 3.63) is 23.8 Å². The van der Waals surface area contributed by atoms with Gasteiger partial charge < -0.3 is 0 Å². The molecule has 4 rings (SSSR count). The van der Waals surface area contributed by atoms with Crippen molar-refractivity contribution >= 4 is 0 Å². The molecule has 125 valence electrons. The molecule has 0 spiro atoms. The molecule has 0 heterocycles. The summed E-state index contributed by atoms with van der Waals surface area (Å²) >= 11 is 2.86. The first-order chi connectivity index (χ1) is 10.8. The summed E-state index contributed by atoms with van der Waals surface area (Å²) in [5.41, 5.74) is 0.744. The van der Waals surface area contributed by atoms with Gasteiger partial charge in [0.25, 0.3) is 0 Å². The van der Waals surface area contributed by atoms with Crippen LogP contribution in [0.4, 0.5) is 0 Å². The van der Waals surface area contributed by atoms with Crippen molar-refractivity contribution in [3.8, 4) is 4.69 Å². The SMILES string of the molecule is C[C@]12C=C[C@H](O)CC1=CCC1C2CC[C@@]2(C)C1CC[C@@]2(O)[C]#[Cr]. The second-order valence-electron chi connectivity index (χ2n) is 8.71. The van der Waals surface area contributed by atoms with Gasteiger partial charge in [-0.05, 0) is 0 Å². The summed E-state index contributed by atoms with van der Waals surface area (Å²) in [5, 5.41) is 21.0. The number of hydrogen-bond acceptors (Lipinski definition) is 2. The molecule has 0 amide bonds. The van der Waals surface area contributed by atoms with Gasteiger partial charge in [-0.15, -0.1) is 0 Å². The van der Waals surface area contributed by atoms with Crippen LogP contribution in [0, 0.1) is 33.3 Å². The Hall–Kier alpha value is -0.288. The number of allylic oxidation sites excluding steroid dienone is 2. The van der Waals surface area contributed by atoms with Crippen molar-refractivity contribution in [3.63, 3.8) is 0 Å². The van der Waals surface area contributed by atoms with Crippen LogP contribution in [0.15, 0.2) is 23.8 Å². The van der Waals surface area contributed by atoms with E-state index in [4.69, 9.17) is 0 Å². The van der Waals surface area contributed by atoms with E-state index in [1.54, 1.807) is 0 Å². The van der Waals surface area contributed by atoms with Gasteiger partial charge in [-0.3, -0.25) is 0 Å². The van der Waals surface area contributed by atoms with Crippen LogP contribution in [0.5, 0.6) is 0 Å². The Morgan fingerprint density at radius 1 is 1.22 bits per heavy atom. The van der Waals surface area contributed by atoms with E-state index in [2.05, 4.69) is 46.3 Å². The van der Waals surface area contributed by atoms with Gasteiger partial charge >= 0.3 is 147 Å². The first kappa shape index (κ1) is 16.2. The average Bonchev–Trinajstić information content (AvgIpc) is 2.80. The van der Waals surface area contributed by atoms with Gasteiger partial charge in [0.15, 0.2) is 0 Å². The molecule has 2 nitrogen and oxygen atoms in total. The van der Waals surface area contributed by atoms with Crippen LogP contribution in [0.3, 0.4) is 0 Å². The zero-order valence-corrected chi connectivity index (χ0v) is 15.4. The van der Waals surface area contributed by atoms with Gasteiger partial charge in [0, 0.05) is 0 Å². The molecule has 0 aromatic heterocycles. The average molecular weight is 351 g/mol. The third kappa shape index (κ3) is 2.01. The van der Waals surface area contributed by atoms with Crippen molar-refractivity contribution in [2.75, 3.05) is 0 Å². The zero-order valence-electron chi connectivity index (χ0n) is 14.1. The Bertz CT molecular complexity index is 632. The fourth-order valence-corrected chi connectivity index (χ4v) is 6.94. The van der Waals surface area contributed by atoms with Gasteiger partial charge in [-0.1, -0.05) is 0 Å². The predicted octanol–water partition coefficient (Wildman–Crippen LogP) is 3.32. The Kier molecular flexibility index (Phi) is 3.60. The molecule has 0 bridgehead atoms. The van der Waals surface area contributed by atoms with Gasteiger partial charge in [0.2, 0.25) is 0 Å². The number of aliphatic hydroxyl groups excluding tert-OH is 1. The van der Waals surface area contributed by atoms with Crippen LogP contribution >= 0.6 is 0 Å². The predicted molar refractivity (Wildman–Crippen MR) is 86.5 cm³/mol. The Balaban J connectivity index is 1.72. The third-order valence-electron chi connectivity index (χ3n) is 7.95. The molecule has 7 atom stereocenters. The minimum atomic E-state index is -0.758. The van der Waals surface area contributed by atoms with Crippen LogP contribution in [0.2, 0.25) is 0 Å². The normalized spacial score (nSPS) is 54.5. The summed E-state index contributed by atoms with van der Waals surface area (Å²) in [6, 6.07) is 0. The molecule has 3 heteroatoms. The fraction of sp³-hybridized carbons (Fsp3) is 0.750. The topological polar surface area (TPSA) is 40.5 Å². The van der Waals surface area contributed by atoms with Crippen molar-refractivity contribution in [2.24, 2.45) is 28.6 Å². The van der Waals surface area contributed by atoms with E-state index in [0.29, 0.717) is 17.8 Å².